The van der Waals surface area contributed by atoms with E-state index >= 15 is 0 Å². The van der Waals surface area contributed by atoms with Gasteiger partial charge >= 0.3 is 0 Å². The van der Waals surface area contributed by atoms with Crippen LogP contribution in [0.15, 0.2) is 47.6 Å². The zero-order chi connectivity index (χ0) is 16.8. The molecule has 1 saturated carbocycles. The minimum Gasteiger partial charge on any atom is -0.304 e. The molecule has 25 heavy (non-hydrogen) atoms. The standard InChI is InChI=1S/C21H21BrN2O/c22-9-7-13-12-23-10-8-21-16-3-1-2-4-17(16)24-19(25)6-5-14(20(21)24)15(13)11-18(21)23/h1-5,7,15,18,20H,6,8-12H2/b13-7+/t15-,18+,20+,21+/m0/s1. The van der Waals surface area contributed by atoms with Crippen molar-refractivity contribution in [2.75, 3.05) is 23.3 Å². The Labute approximate surface area is 156 Å². The van der Waals surface area contributed by atoms with Gasteiger partial charge < -0.3 is 4.90 Å². The Balaban J connectivity index is 1.64. The van der Waals surface area contributed by atoms with Crippen LogP contribution in [-0.2, 0) is 10.2 Å². The summed E-state index contributed by atoms with van der Waals surface area (Å²) < 4.78 is 0. The molecular weight excluding hydrogens is 376 g/mol. The molecule has 6 rings (SSSR count). The van der Waals surface area contributed by atoms with Crippen molar-refractivity contribution in [3.05, 3.63) is 53.1 Å². The molecule has 4 heterocycles. The molecule has 4 heteroatoms. The average molecular weight is 397 g/mol. The minimum atomic E-state index is 0.120. The van der Waals surface area contributed by atoms with Gasteiger partial charge in [-0.1, -0.05) is 51.9 Å². The Morgan fingerprint density at radius 3 is 3.08 bits per heavy atom. The number of carbonyl (C=O) groups excluding carboxylic acids is 1. The number of carbonyl (C=O) groups is 1. The first kappa shape index (κ1) is 14.7. The van der Waals surface area contributed by atoms with E-state index in [2.05, 4.69) is 62.1 Å². The number of para-hydroxylation sites is 1. The monoisotopic (exact) mass is 396 g/mol. The van der Waals surface area contributed by atoms with Gasteiger partial charge in [0.15, 0.2) is 0 Å². The van der Waals surface area contributed by atoms with E-state index in [1.165, 1.54) is 29.7 Å². The first-order valence-electron chi connectivity index (χ1n) is 9.36. The molecule has 0 N–H and O–H groups in total. The Morgan fingerprint density at radius 1 is 1.32 bits per heavy atom. The van der Waals surface area contributed by atoms with E-state index in [4.69, 9.17) is 0 Å². The van der Waals surface area contributed by atoms with Gasteiger partial charge in [0.25, 0.3) is 0 Å². The summed E-state index contributed by atoms with van der Waals surface area (Å²) in [5, 5.41) is 0.920. The van der Waals surface area contributed by atoms with Crippen LogP contribution in [0.25, 0.3) is 0 Å². The highest BCUT2D eigenvalue weighted by atomic mass is 79.9. The Kier molecular flexibility index (Phi) is 2.87. The number of hydrogen-bond acceptors (Lipinski definition) is 2. The summed E-state index contributed by atoms with van der Waals surface area (Å²) in [6.07, 6.45) is 7.61. The quantitative estimate of drug-likeness (QED) is 0.536. The molecule has 1 amide bonds. The second-order valence-electron chi connectivity index (χ2n) is 8.09. The van der Waals surface area contributed by atoms with Crippen LogP contribution >= 0.6 is 15.9 Å². The van der Waals surface area contributed by atoms with Crippen molar-refractivity contribution in [2.45, 2.75) is 36.8 Å². The maximum absolute atomic E-state index is 12.9. The lowest BCUT2D eigenvalue weighted by atomic mass is 9.57. The number of piperidine rings is 1. The third-order valence-electron chi connectivity index (χ3n) is 7.39. The van der Waals surface area contributed by atoms with E-state index < -0.39 is 0 Å². The number of benzene rings is 1. The molecule has 128 valence electrons. The first-order valence-corrected chi connectivity index (χ1v) is 10.5. The molecule has 4 aliphatic heterocycles. The van der Waals surface area contributed by atoms with Gasteiger partial charge in [0, 0.05) is 41.4 Å². The molecule has 2 bridgehead atoms. The predicted octanol–water partition coefficient (Wildman–Crippen LogP) is 3.40. The van der Waals surface area contributed by atoms with Gasteiger partial charge in [-0.2, -0.15) is 0 Å². The summed E-state index contributed by atoms with van der Waals surface area (Å²) in [4.78, 5) is 17.8. The van der Waals surface area contributed by atoms with Gasteiger partial charge in [0.05, 0.1) is 6.04 Å². The van der Waals surface area contributed by atoms with Crippen molar-refractivity contribution >= 4 is 27.5 Å². The summed E-state index contributed by atoms with van der Waals surface area (Å²) in [5.74, 6) is 0.808. The van der Waals surface area contributed by atoms with Gasteiger partial charge in [0.2, 0.25) is 5.91 Å². The van der Waals surface area contributed by atoms with E-state index in [1.54, 1.807) is 5.57 Å². The van der Waals surface area contributed by atoms with Crippen molar-refractivity contribution in [3.8, 4) is 0 Å². The number of alkyl halides is 1. The zero-order valence-corrected chi connectivity index (χ0v) is 15.7. The molecule has 1 aromatic rings. The largest absolute Gasteiger partial charge is 0.304 e. The third-order valence-corrected chi connectivity index (χ3v) is 7.71. The molecule has 5 aliphatic rings. The number of rotatable bonds is 1. The highest BCUT2D eigenvalue weighted by Crippen LogP contribution is 2.63. The lowest BCUT2D eigenvalue weighted by Gasteiger charge is -2.54. The molecule has 3 nitrogen and oxygen atoms in total. The van der Waals surface area contributed by atoms with E-state index in [-0.39, 0.29) is 17.4 Å². The van der Waals surface area contributed by atoms with Crippen molar-refractivity contribution < 1.29 is 4.79 Å². The highest BCUT2D eigenvalue weighted by molar-refractivity contribution is 9.09. The predicted molar refractivity (Wildman–Crippen MR) is 102 cm³/mol. The molecule has 1 aromatic carbocycles. The second kappa shape index (κ2) is 4.86. The molecule has 4 atom stereocenters. The Hall–Kier alpha value is -1.39. The van der Waals surface area contributed by atoms with Gasteiger partial charge in [0.1, 0.15) is 0 Å². The highest BCUT2D eigenvalue weighted by Gasteiger charge is 2.67. The fourth-order valence-corrected chi connectivity index (χ4v) is 7.02. The van der Waals surface area contributed by atoms with Crippen molar-refractivity contribution in [2.24, 2.45) is 5.92 Å². The second-order valence-corrected chi connectivity index (χ2v) is 8.74. The number of anilines is 1. The summed E-state index contributed by atoms with van der Waals surface area (Å²) in [7, 11) is 0. The first-order chi connectivity index (χ1) is 12.3. The van der Waals surface area contributed by atoms with Gasteiger partial charge in [-0.25, -0.2) is 0 Å². The Morgan fingerprint density at radius 2 is 2.20 bits per heavy atom. The molecule has 1 aliphatic carbocycles. The number of nitrogens with zero attached hydrogens (tertiary/aromatic N) is 2. The van der Waals surface area contributed by atoms with Crippen molar-refractivity contribution in [3.63, 3.8) is 0 Å². The summed E-state index contributed by atoms with van der Waals surface area (Å²) in [5.41, 5.74) is 5.82. The maximum atomic E-state index is 12.9. The summed E-state index contributed by atoms with van der Waals surface area (Å²) >= 11 is 3.60. The van der Waals surface area contributed by atoms with Crippen LogP contribution in [0.2, 0.25) is 0 Å². The molecule has 0 radical (unpaired) electrons. The molecule has 1 spiro atoms. The van der Waals surface area contributed by atoms with Crippen LogP contribution < -0.4 is 4.90 Å². The average Bonchev–Trinajstić information content (AvgIpc) is 3.17. The van der Waals surface area contributed by atoms with E-state index in [0.717, 1.165) is 18.4 Å². The van der Waals surface area contributed by atoms with Crippen LogP contribution in [-0.4, -0.2) is 41.3 Å². The number of hydrogen-bond donors (Lipinski definition) is 0. The number of allylic oxidation sites excluding steroid dienone is 1. The number of amides is 1. The van der Waals surface area contributed by atoms with Crippen LogP contribution in [0.4, 0.5) is 5.69 Å². The Bertz CT molecular complexity index is 859. The summed E-state index contributed by atoms with van der Waals surface area (Å²) in [6, 6.07) is 9.54. The molecule has 0 unspecified atom stereocenters. The normalized spacial score (nSPS) is 39.5. The number of fused-ring (bicyclic) bond motifs is 4. The third kappa shape index (κ3) is 1.59. The lowest BCUT2D eigenvalue weighted by Crippen LogP contribution is -2.62. The molecule has 0 aromatic heterocycles. The van der Waals surface area contributed by atoms with Crippen LogP contribution in [0.5, 0.6) is 0 Å². The molecule has 3 fully saturated rings. The molecular formula is C21H21BrN2O. The van der Waals surface area contributed by atoms with E-state index in [0.29, 0.717) is 18.4 Å². The molecule has 2 saturated heterocycles. The van der Waals surface area contributed by atoms with Gasteiger partial charge in [-0.05, 0) is 36.6 Å². The topological polar surface area (TPSA) is 23.6 Å². The van der Waals surface area contributed by atoms with Gasteiger partial charge in [-0.3, -0.25) is 9.69 Å². The maximum Gasteiger partial charge on any atom is 0.231 e. The van der Waals surface area contributed by atoms with Crippen LogP contribution in [0.1, 0.15) is 24.8 Å². The van der Waals surface area contributed by atoms with E-state index in [9.17, 15) is 4.79 Å². The van der Waals surface area contributed by atoms with Crippen molar-refractivity contribution in [1.82, 2.24) is 4.90 Å². The van der Waals surface area contributed by atoms with Crippen LogP contribution in [0, 0.1) is 5.92 Å². The fraction of sp³-hybridized carbons (Fsp3) is 0.476. The van der Waals surface area contributed by atoms with Crippen LogP contribution in [0.3, 0.4) is 0 Å². The minimum absolute atomic E-state index is 0.120. The zero-order valence-electron chi connectivity index (χ0n) is 14.1. The smallest absolute Gasteiger partial charge is 0.231 e. The van der Waals surface area contributed by atoms with Crippen molar-refractivity contribution in [1.29, 1.82) is 0 Å². The summed E-state index contributed by atoms with van der Waals surface area (Å²) in [6.45, 7) is 2.25. The van der Waals surface area contributed by atoms with E-state index in [1.807, 2.05) is 0 Å². The van der Waals surface area contributed by atoms with Gasteiger partial charge in [-0.15, -0.1) is 0 Å². The number of halogens is 1. The lowest BCUT2D eigenvalue weighted by molar-refractivity contribution is -0.118. The SMILES string of the molecule is O=C1CC=C2[C@H]3C[C@H]4N(CC[C@@]45c4ccccc4N1[C@H]25)C/C3=C\CBr. The fourth-order valence-electron chi connectivity index (χ4n) is 6.60.